The van der Waals surface area contributed by atoms with Crippen LogP contribution in [0.5, 0.6) is 0 Å². The Kier molecular flexibility index (Phi) is 5.62. The molecule has 158 valence electrons. The van der Waals surface area contributed by atoms with Crippen molar-refractivity contribution in [2.45, 2.75) is 18.9 Å². The van der Waals surface area contributed by atoms with Gasteiger partial charge in [-0.05, 0) is 42.7 Å². The van der Waals surface area contributed by atoms with Gasteiger partial charge in [0.25, 0.3) is 0 Å². The quantitative estimate of drug-likeness (QED) is 0.411. The Hall–Kier alpha value is -3.99. The van der Waals surface area contributed by atoms with E-state index in [2.05, 4.69) is 4.98 Å². The lowest BCUT2D eigenvalue weighted by Gasteiger charge is -2.23. The van der Waals surface area contributed by atoms with Crippen molar-refractivity contribution in [2.24, 2.45) is 0 Å². The van der Waals surface area contributed by atoms with Crippen molar-refractivity contribution >= 4 is 12.0 Å². The van der Waals surface area contributed by atoms with Gasteiger partial charge in [0, 0.05) is 42.3 Å². The van der Waals surface area contributed by atoms with E-state index in [4.69, 9.17) is 5.10 Å². The number of rotatable bonds is 5. The Balaban J connectivity index is 1.45. The highest BCUT2D eigenvalue weighted by Gasteiger charge is 2.28. The van der Waals surface area contributed by atoms with E-state index in [1.165, 1.54) is 0 Å². The van der Waals surface area contributed by atoms with Gasteiger partial charge in [-0.3, -0.25) is 9.78 Å². The standard InChI is InChI=1S/C27H24N4O/c32-26(30-18-8-14-25(30)22-11-7-17-28-19-22)16-15-23-20-31(24-12-5-2-6-13-24)29-27(23)21-9-3-1-4-10-21/h1-7,9-13,15-17,19-20,25H,8,14,18H2. The topological polar surface area (TPSA) is 51.0 Å². The number of hydrogen-bond acceptors (Lipinski definition) is 3. The summed E-state index contributed by atoms with van der Waals surface area (Å²) in [6.45, 7) is 0.761. The molecular formula is C27H24N4O. The molecule has 0 bridgehead atoms. The van der Waals surface area contributed by atoms with Crippen molar-refractivity contribution in [1.82, 2.24) is 19.7 Å². The number of aromatic nitrogens is 3. The second-order valence-electron chi connectivity index (χ2n) is 7.89. The van der Waals surface area contributed by atoms with E-state index in [9.17, 15) is 4.79 Å². The first-order chi connectivity index (χ1) is 15.8. The lowest BCUT2D eigenvalue weighted by atomic mass is 10.1. The number of nitrogens with zero attached hydrogens (tertiary/aromatic N) is 4. The summed E-state index contributed by atoms with van der Waals surface area (Å²) in [6.07, 6.45) is 11.1. The highest BCUT2D eigenvalue weighted by molar-refractivity contribution is 5.93. The summed E-state index contributed by atoms with van der Waals surface area (Å²) in [5, 5.41) is 4.82. The maximum absolute atomic E-state index is 13.1. The molecule has 1 unspecified atom stereocenters. The molecule has 1 atom stereocenters. The molecule has 0 N–H and O–H groups in total. The average molecular weight is 421 g/mol. The van der Waals surface area contributed by atoms with E-state index >= 15 is 0 Å². The minimum atomic E-state index is 0.0165. The van der Waals surface area contributed by atoms with Crippen LogP contribution in [-0.2, 0) is 4.79 Å². The number of carbonyl (C=O) groups is 1. The molecule has 0 saturated carbocycles. The molecule has 2 aromatic heterocycles. The highest BCUT2D eigenvalue weighted by atomic mass is 16.2. The van der Waals surface area contributed by atoms with E-state index in [0.29, 0.717) is 0 Å². The molecule has 3 heterocycles. The van der Waals surface area contributed by atoms with Crippen LogP contribution in [-0.4, -0.2) is 32.1 Å². The molecule has 0 spiro atoms. The zero-order chi connectivity index (χ0) is 21.8. The molecule has 1 saturated heterocycles. The Morgan fingerprint density at radius 3 is 2.50 bits per heavy atom. The van der Waals surface area contributed by atoms with Crippen LogP contribution in [0, 0.1) is 0 Å². The Morgan fingerprint density at radius 2 is 1.75 bits per heavy atom. The fourth-order valence-electron chi connectivity index (χ4n) is 4.25. The van der Waals surface area contributed by atoms with Crippen LogP contribution >= 0.6 is 0 Å². The van der Waals surface area contributed by atoms with Crippen LogP contribution in [0.3, 0.4) is 0 Å². The van der Waals surface area contributed by atoms with Crippen LogP contribution in [0.4, 0.5) is 0 Å². The summed E-state index contributed by atoms with van der Waals surface area (Å²) >= 11 is 0. The molecule has 4 aromatic rings. The normalized spacial score (nSPS) is 16.0. The van der Waals surface area contributed by atoms with Crippen molar-refractivity contribution in [1.29, 1.82) is 0 Å². The van der Waals surface area contributed by atoms with Crippen LogP contribution < -0.4 is 0 Å². The molecule has 0 aliphatic carbocycles. The lowest BCUT2D eigenvalue weighted by molar-refractivity contribution is -0.126. The van der Waals surface area contributed by atoms with Crippen LogP contribution in [0.15, 0.2) is 97.5 Å². The first-order valence-electron chi connectivity index (χ1n) is 10.9. The maximum Gasteiger partial charge on any atom is 0.247 e. The summed E-state index contributed by atoms with van der Waals surface area (Å²) in [6, 6.07) is 24.1. The van der Waals surface area contributed by atoms with Gasteiger partial charge in [-0.25, -0.2) is 4.68 Å². The summed E-state index contributed by atoms with van der Waals surface area (Å²) in [7, 11) is 0. The predicted octanol–water partition coefficient (Wildman–Crippen LogP) is 5.31. The van der Waals surface area contributed by atoms with Gasteiger partial charge in [0.15, 0.2) is 0 Å². The number of likely N-dealkylation sites (tertiary alicyclic amines) is 1. The Morgan fingerprint density at radius 1 is 0.969 bits per heavy atom. The number of benzene rings is 2. The number of amides is 1. The molecule has 0 radical (unpaired) electrons. The van der Waals surface area contributed by atoms with Gasteiger partial charge in [0.2, 0.25) is 5.91 Å². The van der Waals surface area contributed by atoms with Crippen molar-refractivity contribution < 1.29 is 4.79 Å². The van der Waals surface area contributed by atoms with Gasteiger partial charge in [0.05, 0.1) is 17.4 Å². The number of pyridine rings is 1. The average Bonchev–Trinajstić information content (AvgIpc) is 3.52. The molecule has 5 nitrogen and oxygen atoms in total. The fraction of sp³-hybridized carbons (Fsp3) is 0.148. The fourth-order valence-corrected chi connectivity index (χ4v) is 4.25. The second kappa shape index (κ2) is 9.02. The van der Waals surface area contributed by atoms with E-state index in [-0.39, 0.29) is 11.9 Å². The first kappa shape index (κ1) is 19.9. The Labute approximate surface area is 187 Å². The summed E-state index contributed by atoms with van der Waals surface area (Å²) in [5.41, 5.74) is 4.85. The predicted molar refractivity (Wildman–Crippen MR) is 126 cm³/mol. The third-order valence-corrected chi connectivity index (χ3v) is 5.82. The third-order valence-electron chi connectivity index (χ3n) is 5.82. The maximum atomic E-state index is 13.1. The van der Waals surface area contributed by atoms with E-state index in [0.717, 1.165) is 47.5 Å². The lowest BCUT2D eigenvalue weighted by Crippen LogP contribution is -2.28. The van der Waals surface area contributed by atoms with E-state index in [1.54, 1.807) is 12.3 Å². The van der Waals surface area contributed by atoms with Crippen molar-refractivity contribution in [2.75, 3.05) is 6.54 Å². The van der Waals surface area contributed by atoms with Gasteiger partial charge >= 0.3 is 0 Å². The van der Waals surface area contributed by atoms with Gasteiger partial charge in [0.1, 0.15) is 0 Å². The highest BCUT2D eigenvalue weighted by Crippen LogP contribution is 2.32. The van der Waals surface area contributed by atoms with Gasteiger partial charge in [-0.2, -0.15) is 5.10 Å². The Bertz CT molecular complexity index is 1220. The number of para-hydroxylation sites is 1. The number of carbonyl (C=O) groups excluding carboxylic acids is 1. The molecule has 1 aliphatic heterocycles. The summed E-state index contributed by atoms with van der Waals surface area (Å²) in [4.78, 5) is 19.3. The molecule has 5 rings (SSSR count). The van der Waals surface area contributed by atoms with Gasteiger partial charge in [-0.1, -0.05) is 54.6 Å². The van der Waals surface area contributed by atoms with Crippen molar-refractivity contribution in [3.8, 4) is 16.9 Å². The minimum absolute atomic E-state index is 0.0165. The van der Waals surface area contributed by atoms with Gasteiger partial charge < -0.3 is 4.90 Å². The van der Waals surface area contributed by atoms with Crippen LogP contribution in [0.1, 0.15) is 30.0 Å². The molecular weight excluding hydrogens is 396 g/mol. The molecule has 5 heteroatoms. The molecule has 1 amide bonds. The first-order valence-corrected chi connectivity index (χ1v) is 10.9. The molecule has 1 fully saturated rings. The summed E-state index contributed by atoms with van der Waals surface area (Å²) in [5.74, 6) is 0.0165. The smallest absolute Gasteiger partial charge is 0.247 e. The minimum Gasteiger partial charge on any atom is -0.332 e. The second-order valence-corrected chi connectivity index (χ2v) is 7.89. The van der Waals surface area contributed by atoms with E-state index < -0.39 is 0 Å². The zero-order valence-corrected chi connectivity index (χ0v) is 17.7. The summed E-state index contributed by atoms with van der Waals surface area (Å²) < 4.78 is 1.86. The van der Waals surface area contributed by atoms with Gasteiger partial charge in [-0.15, -0.1) is 0 Å². The molecule has 2 aromatic carbocycles. The van der Waals surface area contributed by atoms with Crippen molar-refractivity contribution in [3.05, 3.63) is 109 Å². The number of hydrogen-bond donors (Lipinski definition) is 0. The van der Waals surface area contributed by atoms with Crippen LogP contribution in [0.2, 0.25) is 0 Å². The van der Waals surface area contributed by atoms with Crippen molar-refractivity contribution in [3.63, 3.8) is 0 Å². The molecule has 32 heavy (non-hydrogen) atoms. The monoisotopic (exact) mass is 420 g/mol. The third kappa shape index (κ3) is 4.10. The molecule has 1 aliphatic rings. The van der Waals surface area contributed by atoms with E-state index in [1.807, 2.05) is 101 Å². The zero-order valence-electron chi connectivity index (χ0n) is 17.7. The largest absolute Gasteiger partial charge is 0.332 e. The SMILES string of the molecule is O=C(C=Cc1cn(-c2ccccc2)nc1-c1ccccc1)N1CCCC1c1cccnc1. The van der Waals surface area contributed by atoms with Crippen LogP contribution in [0.25, 0.3) is 23.0 Å².